The van der Waals surface area contributed by atoms with Crippen molar-refractivity contribution in [3.63, 3.8) is 0 Å². The minimum absolute atomic E-state index is 0.0367. The van der Waals surface area contributed by atoms with Gasteiger partial charge in [-0.2, -0.15) is 5.26 Å². The first-order valence-corrected chi connectivity index (χ1v) is 4.26. The van der Waals surface area contributed by atoms with Gasteiger partial charge in [0, 0.05) is 0 Å². The van der Waals surface area contributed by atoms with Crippen LogP contribution in [0.3, 0.4) is 0 Å². The largest absolute Gasteiger partial charge is 0.241 e. The maximum Gasteiger partial charge on any atom is 0.241 e. The number of hydrogen-bond donors (Lipinski definition) is 0. The number of hydrogen-bond acceptors (Lipinski definition) is 3. The molecule has 0 radical (unpaired) electrons. The van der Waals surface area contributed by atoms with Gasteiger partial charge >= 0.3 is 0 Å². The number of sulfone groups is 1. The van der Waals surface area contributed by atoms with E-state index >= 15 is 0 Å². The molecule has 0 aliphatic carbocycles. The summed E-state index contributed by atoms with van der Waals surface area (Å²) in [6, 6.07) is 0. The van der Waals surface area contributed by atoms with Crippen molar-refractivity contribution in [2.24, 2.45) is 5.92 Å². The van der Waals surface area contributed by atoms with E-state index in [-0.39, 0.29) is 11.7 Å². The highest BCUT2D eigenvalue weighted by Crippen LogP contribution is 1.97. The van der Waals surface area contributed by atoms with Crippen molar-refractivity contribution in [1.29, 1.82) is 5.26 Å². The van der Waals surface area contributed by atoms with Crippen LogP contribution in [0.2, 0.25) is 0 Å². The van der Waals surface area contributed by atoms with E-state index in [0.29, 0.717) is 0 Å². The number of rotatable bonds is 2. The Kier molecular flexibility index (Phi) is 2.65. The Balaban J connectivity index is 4.11. The maximum atomic E-state index is 10.4. The zero-order valence-electron chi connectivity index (χ0n) is 5.46. The summed E-state index contributed by atoms with van der Waals surface area (Å²) in [4.78, 5) is 0. The molecule has 0 aromatic heterocycles. The Hall–Kier alpha value is -0.560. The van der Waals surface area contributed by atoms with Gasteiger partial charge in [-0.3, -0.25) is 0 Å². The molecule has 0 rings (SSSR count). The van der Waals surface area contributed by atoms with Crippen LogP contribution in [-0.4, -0.2) is 14.2 Å². The van der Waals surface area contributed by atoms with Crippen LogP contribution in [0.25, 0.3) is 0 Å². The lowest BCUT2D eigenvalue weighted by Gasteiger charge is -1.96. The Morgan fingerprint density at radius 1 is 1.56 bits per heavy atom. The molecule has 0 amide bonds. The molecule has 3 nitrogen and oxygen atoms in total. The van der Waals surface area contributed by atoms with Gasteiger partial charge < -0.3 is 0 Å². The normalized spacial score (nSPS) is 11.3. The SMILES string of the molecule is CC(C)CS(=O)(=O)C#N. The Bertz CT molecular complexity index is 210. The van der Waals surface area contributed by atoms with Gasteiger partial charge in [0.05, 0.1) is 5.75 Å². The first kappa shape index (κ1) is 8.44. The molecule has 4 heteroatoms. The summed E-state index contributed by atoms with van der Waals surface area (Å²) in [5.74, 6) is -0.00148. The van der Waals surface area contributed by atoms with E-state index in [4.69, 9.17) is 5.26 Å². The highest BCUT2D eigenvalue weighted by molar-refractivity contribution is 7.95. The van der Waals surface area contributed by atoms with E-state index in [1.54, 1.807) is 13.8 Å². The van der Waals surface area contributed by atoms with Crippen molar-refractivity contribution in [1.82, 2.24) is 0 Å². The van der Waals surface area contributed by atoms with Gasteiger partial charge in [0.15, 0.2) is 5.40 Å². The number of nitriles is 1. The predicted molar refractivity (Wildman–Crippen MR) is 34.2 cm³/mol. The standard InChI is InChI=1S/C5H9NO2S/c1-5(2)3-9(7,8)4-6/h5H,3H2,1-2H3. The first-order chi connectivity index (χ1) is 3.98. The third kappa shape index (κ3) is 3.98. The molecule has 0 aliphatic heterocycles. The quantitative estimate of drug-likeness (QED) is 0.423. The van der Waals surface area contributed by atoms with Gasteiger partial charge in [-0.1, -0.05) is 13.8 Å². The fourth-order valence-corrected chi connectivity index (χ4v) is 1.43. The van der Waals surface area contributed by atoms with Crippen LogP contribution in [-0.2, 0) is 9.84 Å². The molecule has 0 fully saturated rings. The van der Waals surface area contributed by atoms with E-state index in [1.165, 1.54) is 5.40 Å². The Morgan fingerprint density at radius 2 is 2.00 bits per heavy atom. The third-order valence-electron chi connectivity index (χ3n) is 0.692. The maximum absolute atomic E-state index is 10.4. The predicted octanol–water partition coefficient (Wildman–Crippen LogP) is 0.538. The van der Waals surface area contributed by atoms with E-state index in [0.717, 1.165) is 0 Å². The van der Waals surface area contributed by atoms with E-state index in [1.807, 2.05) is 0 Å². The molecule has 0 atom stereocenters. The van der Waals surface area contributed by atoms with Gasteiger partial charge in [0.2, 0.25) is 9.84 Å². The summed E-state index contributed by atoms with van der Waals surface area (Å²) in [5, 5.41) is 9.25. The van der Waals surface area contributed by atoms with Crippen molar-refractivity contribution >= 4 is 9.84 Å². The van der Waals surface area contributed by atoms with Crippen molar-refractivity contribution in [2.45, 2.75) is 13.8 Å². The van der Waals surface area contributed by atoms with E-state index in [9.17, 15) is 8.42 Å². The van der Waals surface area contributed by atoms with Gasteiger partial charge in [-0.15, -0.1) is 0 Å². The summed E-state index contributed by atoms with van der Waals surface area (Å²) in [7, 11) is -3.41. The number of nitrogens with zero attached hydrogens (tertiary/aromatic N) is 1. The smallest absolute Gasteiger partial charge is 0.213 e. The van der Waals surface area contributed by atoms with E-state index < -0.39 is 9.84 Å². The Labute approximate surface area is 55.2 Å². The lowest BCUT2D eigenvalue weighted by molar-refractivity contribution is 0.592. The second-order valence-electron chi connectivity index (χ2n) is 2.27. The highest BCUT2D eigenvalue weighted by Gasteiger charge is 2.09. The third-order valence-corrected chi connectivity index (χ3v) is 2.08. The van der Waals surface area contributed by atoms with Crippen LogP contribution in [0.5, 0.6) is 0 Å². The fourth-order valence-electron chi connectivity index (χ4n) is 0.476. The summed E-state index contributed by atoms with van der Waals surface area (Å²) in [6.07, 6.45) is 0. The van der Waals surface area contributed by atoms with Crippen LogP contribution in [0, 0.1) is 16.6 Å². The van der Waals surface area contributed by atoms with Gasteiger partial charge in [0.25, 0.3) is 0 Å². The van der Waals surface area contributed by atoms with Gasteiger partial charge in [-0.25, -0.2) is 8.42 Å². The van der Waals surface area contributed by atoms with Crippen molar-refractivity contribution in [3.05, 3.63) is 0 Å². The molecule has 0 saturated carbocycles. The number of thiocyanates is 1. The van der Waals surface area contributed by atoms with Gasteiger partial charge in [-0.05, 0) is 5.92 Å². The van der Waals surface area contributed by atoms with Crippen LogP contribution in [0.1, 0.15) is 13.8 Å². The molecule has 9 heavy (non-hydrogen) atoms. The summed E-state index contributed by atoms with van der Waals surface area (Å²) < 4.78 is 20.9. The summed E-state index contributed by atoms with van der Waals surface area (Å²) >= 11 is 0. The average molecular weight is 147 g/mol. The van der Waals surface area contributed by atoms with Crippen LogP contribution in [0.4, 0.5) is 0 Å². The zero-order chi connectivity index (χ0) is 7.49. The van der Waals surface area contributed by atoms with Crippen molar-refractivity contribution in [2.75, 3.05) is 5.75 Å². The molecule has 0 bridgehead atoms. The lowest BCUT2D eigenvalue weighted by atomic mass is 10.3. The highest BCUT2D eigenvalue weighted by atomic mass is 32.2. The van der Waals surface area contributed by atoms with Crippen LogP contribution in [0.15, 0.2) is 0 Å². The summed E-state index contributed by atoms with van der Waals surface area (Å²) in [6.45, 7) is 3.52. The second-order valence-corrected chi connectivity index (χ2v) is 4.01. The molecule has 0 heterocycles. The Morgan fingerprint density at radius 3 is 2.11 bits per heavy atom. The molecule has 52 valence electrons. The molecule has 0 aliphatic rings. The van der Waals surface area contributed by atoms with E-state index in [2.05, 4.69) is 0 Å². The van der Waals surface area contributed by atoms with Crippen LogP contribution < -0.4 is 0 Å². The lowest BCUT2D eigenvalue weighted by Crippen LogP contribution is -2.07. The van der Waals surface area contributed by atoms with Gasteiger partial charge in [0.1, 0.15) is 0 Å². The van der Waals surface area contributed by atoms with Crippen molar-refractivity contribution < 1.29 is 8.42 Å². The molecule has 0 spiro atoms. The van der Waals surface area contributed by atoms with Crippen molar-refractivity contribution in [3.8, 4) is 5.40 Å². The molecule has 0 aromatic rings. The minimum atomic E-state index is -3.41. The molecule has 0 N–H and O–H groups in total. The molecular formula is C5H9NO2S. The fraction of sp³-hybridized carbons (Fsp3) is 0.800. The average Bonchev–Trinajstić information content (AvgIpc) is 1.63. The molecule has 0 saturated heterocycles. The minimum Gasteiger partial charge on any atom is -0.213 e. The molecule has 0 aromatic carbocycles. The molecule has 0 unspecified atom stereocenters. The topological polar surface area (TPSA) is 57.9 Å². The monoisotopic (exact) mass is 147 g/mol. The van der Waals surface area contributed by atoms with Crippen LogP contribution >= 0.6 is 0 Å². The summed E-state index contributed by atoms with van der Waals surface area (Å²) in [5.41, 5.74) is 0. The molecular weight excluding hydrogens is 138 g/mol. The second kappa shape index (κ2) is 2.83. The first-order valence-electron chi connectivity index (χ1n) is 2.61. The zero-order valence-corrected chi connectivity index (χ0v) is 6.27.